The highest BCUT2D eigenvalue weighted by molar-refractivity contribution is 4.54. The minimum atomic E-state index is 1.01. The number of rotatable bonds is 5. The lowest BCUT2D eigenvalue weighted by molar-refractivity contribution is 0.427. The van der Waals surface area contributed by atoms with E-state index in [0.29, 0.717) is 0 Å². The van der Waals surface area contributed by atoms with Gasteiger partial charge >= 0.3 is 0 Å². The zero-order chi connectivity index (χ0) is 11.8. The van der Waals surface area contributed by atoms with Crippen LogP contribution in [-0.4, -0.2) is 0 Å². The van der Waals surface area contributed by atoms with Crippen LogP contribution in [0.25, 0.3) is 0 Å². The van der Waals surface area contributed by atoms with Gasteiger partial charge < -0.3 is 0 Å². The van der Waals surface area contributed by atoms with Gasteiger partial charge in [0.05, 0.1) is 0 Å². The van der Waals surface area contributed by atoms with Gasteiger partial charge in [-0.2, -0.15) is 0 Å². The molecule has 88 valence electrons. The molecule has 0 amide bonds. The van der Waals surface area contributed by atoms with Crippen molar-refractivity contribution in [2.45, 2.75) is 73.6 Å². The first-order valence-electron chi connectivity index (χ1n) is 6.33. The molecule has 0 fully saturated rings. The molecule has 0 aromatic carbocycles. The van der Waals surface area contributed by atoms with Crippen LogP contribution in [0.3, 0.4) is 0 Å². The van der Waals surface area contributed by atoms with Gasteiger partial charge in [0.1, 0.15) is 0 Å². The largest absolute Gasteiger partial charge is 0.103 e. The summed E-state index contributed by atoms with van der Waals surface area (Å²) in [5.41, 5.74) is 0. The second-order valence-corrected chi connectivity index (χ2v) is 3.26. The summed E-state index contributed by atoms with van der Waals surface area (Å²) in [5.74, 6) is 1.01. The molecule has 0 N–H and O–H groups in total. The molecular formula is C14H32. The normalized spacial score (nSPS) is 8.21. The lowest BCUT2D eigenvalue weighted by Gasteiger charge is -2.10. The van der Waals surface area contributed by atoms with Crippen LogP contribution in [0.4, 0.5) is 0 Å². The average molecular weight is 200 g/mol. The Morgan fingerprint density at radius 1 is 1.00 bits per heavy atom. The van der Waals surface area contributed by atoms with Crippen LogP contribution in [-0.2, 0) is 0 Å². The van der Waals surface area contributed by atoms with Gasteiger partial charge in [-0.1, -0.05) is 72.8 Å². The van der Waals surface area contributed by atoms with Crippen LogP contribution in [0.2, 0.25) is 0 Å². The monoisotopic (exact) mass is 200 g/mol. The molecule has 0 atom stereocenters. The summed E-state index contributed by atoms with van der Waals surface area (Å²) in [4.78, 5) is 0. The van der Waals surface area contributed by atoms with Crippen molar-refractivity contribution in [1.82, 2.24) is 0 Å². The smallest absolute Gasteiger partial charge is 0.0417 e. The molecule has 0 bridgehead atoms. The molecular weight excluding hydrogens is 168 g/mol. The molecule has 0 aromatic heterocycles. The van der Waals surface area contributed by atoms with Crippen molar-refractivity contribution in [2.24, 2.45) is 5.92 Å². The van der Waals surface area contributed by atoms with E-state index in [1.54, 1.807) is 6.08 Å². The van der Waals surface area contributed by atoms with Crippen LogP contribution in [0.1, 0.15) is 73.6 Å². The third-order valence-electron chi connectivity index (χ3n) is 1.97. The molecule has 0 radical (unpaired) electrons. The highest BCUT2D eigenvalue weighted by atomic mass is 14.1. The first kappa shape index (κ1) is 19.3. The Morgan fingerprint density at radius 3 is 1.43 bits per heavy atom. The van der Waals surface area contributed by atoms with Gasteiger partial charge in [-0.25, -0.2) is 0 Å². The zero-order valence-corrected chi connectivity index (χ0v) is 11.4. The van der Waals surface area contributed by atoms with Crippen molar-refractivity contribution in [1.29, 1.82) is 0 Å². The van der Waals surface area contributed by atoms with Gasteiger partial charge in [0.2, 0.25) is 0 Å². The third-order valence-corrected chi connectivity index (χ3v) is 1.97. The van der Waals surface area contributed by atoms with Gasteiger partial charge in [0.25, 0.3) is 0 Å². The van der Waals surface area contributed by atoms with Gasteiger partial charge in [-0.3, -0.25) is 0 Å². The molecule has 0 saturated carbocycles. The summed E-state index contributed by atoms with van der Waals surface area (Å²) >= 11 is 0. The molecule has 0 aliphatic rings. The summed E-state index contributed by atoms with van der Waals surface area (Å²) in [6.45, 7) is 16.1. The second kappa shape index (κ2) is 23.0. The maximum atomic E-state index is 3.36. The van der Waals surface area contributed by atoms with E-state index in [1.165, 1.54) is 32.1 Å². The quantitative estimate of drug-likeness (QED) is 0.490. The Hall–Kier alpha value is -0.260. The van der Waals surface area contributed by atoms with E-state index in [-0.39, 0.29) is 0 Å². The third kappa shape index (κ3) is 22.6. The lowest BCUT2D eigenvalue weighted by atomic mass is 9.96. The van der Waals surface area contributed by atoms with Crippen LogP contribution in [0, 0.1) is 5.92 Å². The number of hydrogen-bond donors (Lipinski definition) is 0. The van der Waals surface area contributed by atoms with Crippen molar-refractivity contribution in [2.75, 3.05) is 0 Å². The molecule has 0 aromatic rings. The highest BCUT2D eigenvalue weighted by Gasteiger charge is 2.01. The van der Waals surface area contributed by atoms with E-state index in [2.05, 4.69) is 27.4 Å². The average Bonchev–Trinajstić information content (AvgIpc) is 2.22. The fourth-order valence-corrected chi connectivity index (χ4v) is 1.37. The summed E-state index contributed by atoms with van der Waals surface area (Å²) in [6, 6.07) is 0. The van der Waals surface area contributed by atoms with Gasteiger partial charge in [0, 0.05) is 0 Å². The van der Waals surface area contributed by atoms with E-state index in [0.717, 1.165) is 5.92 Å². The Labute approximate surface area is 92.8 Å². The van der Waals surface area contributed by atoms with Crippen molar-refractivity contribution < 1.29 is 0 Å². The van der Waals surface area contributed by atoms with E-state index >= 15 is 0 Å². The minimum absolute atomic E-state index is 1.01. The Kier molecular flexibility index (Phi) is 31.7. The van der Waals surface area contributed by atoms with Gasteiger partial charge in [-0.05, 0) is 12.8 Å². The highest BCUT2D eigenvalue weighted by Crippen LogP contribution is 2.16. The Balaban J connectivity index is -0.000000205. The van der Waals surface area contributed by atoms with Crippen LogP contribution in [0.15, 0.2) is 12.7 Å². The Bertz CT molecular complexity index is 68.1. The molecule has 0 rings (SSSR count). The maximum Gasteiger partial charge on any atom is -0.0417 e. The number of hydrogen-bond acceptors (Lipinski definition) is 0. The topological polar surface area (TPSA) is 0 Å². The fourth-order valence-electron chi connectivity index (χ4n) is 1.37. The van der Waals surface area contributed by atoms with E-state index < -0.39 is 0 Å². The summed E-state index contributed by atoms with van der Waals surface area (Å²) < 4.78 is 0. The SMILES string of the molecule is C=CC.CC.CCCC(CC)CCC. The molecule has 0 heterocycles. The maximum absolute atomic E-state index is 3.36. The standard InChI is InChI=1S/C9H20.C3H6.C2H6/c1-4-7-9(6-3)8-5-2;1-3-2;1-2/h9H,4-8H2,1-3H3;3H,1H2,2H3;1-2H3. The number of allylic oxidation sites excluding steroid dienone is 1. The molecule has 0 spiro atoms. The first-order valence-corrected chi connectivity index (χ1v) is 6.33. The van der Waals surface area contributed by atoms with Crippen LogP contribution >= 0.6 is 0 Å². The van der Waals surface area contributed by atoms with E-state index in [9.17, 15) is 0 Å². The molecule has 0 saturated heterocycles. The molecule has 0 nitrogen and oxygen atoms in total. The van der Waals surface area contributed by atoms with Crippen LogP contribution in [0.5, 0.6) is 0 Å². The molecule has 0 heteroatoms. The van der Waals surface area contributed by atoms with Crippen molar-refractivity contribution in [3.8, 4) is 0 Å². The predicted octanol–water partition coefficient (Wildman–Crippen LogP) is 5.83. The Morgan fingerprint density at radius 2 is 1.29 bits per heavy atom. The lowest BCUT2D eigenvalue weighted by Crippen LogP contribution is -1.96. The molecule has 0 aliphatic carbocycles. The van der Waals surface area contributed by atoms with E-state index in [4.69, 9.17) is 0 Å². The zero-order valence-electron chi connectivity index (χ0n) is 11.4. The van der Waals surface area contributed by atoms with Crippen LogP contribution < -0.4 is 0 Å². The van der Waals surface area contributed by atoms with Gasteiger partial charge in [-0.15, -0.1) is 6.58 Å². The van der Waals surface area contributed by atoms with Crippen molar-refractivity contribution in [3.05, 3.63) is 12.7 Å². The molecule has 14 heavy (non-hydrogen) atoms. The fraction of sp³-hybridized carbons (Fsp3) is 0.857. The van der Waals surface area contributed by atoms with E-state index in [1.807, 2.05) is 20.8 Å². The summed E-state index contributed by atoms with van der Waals surface area (Å²) in [5, 5.41) is 0. The predicted molar refractivity (Wildman–Crippen MR) is 70.8 cm³/mol. The van der Waals surface area contributed by atoms with Crippen molar-refractivity contribution in [3.63, 3.8) is 0 Å². The van der Waals surface area contributed by atoms with Gasteiger partial charge in [0.15, 0.2) is 0 Å². The summed E-state index contributed by atoms with van der Waals surface area (Å²) in [6.07, 6.45) is 8.72. The summed E-state index contributed by atoms with van der Waals surface area (Å²) in [7, 11) is 0. The molecule has 0 unspecified atom stereocenters. The minimum Gasteiger partial charge on any atom is -0.103 e. The van der Waals surface area contributed by atoms with Crippen molar-refractivity contribution >= 4 is 0 Å². The second-order valence-electron chi connectivity index (χ2n) is 3.26. The molecule has 0 aliphatic heterocycles. The first-order chi connectivity index (χ1) is 6.76.